The van der Waals surface area contributed by atoms with Crippen LogP contribution in [0, 0.1) is 5.41 Å². The molecule has 128 valence electrons. The number of aliphatic hydroxyl groups is 1. The number of carbonyl (C=O) groups excluding carboxylic acids is 1. The Hall–Kier alpha value is -1.79. The molecule has 6 nitrogen and oxygen atoms in total. The van der Waals surface area contributed by atoms with Gasteiger partial charge in [0, 0.05) is 57.7 Å². The Morgan fingerprint density at radius 3 is 2.61 bits per heavy atom. The Labute approximate surface area is 138 Å². The largest absolute Gasteiger partial charge is 0.396 e. The van der Waals surface area contributed by atoms with Gasteiger partial charge < -0.3 is 25.0 Å². The molecule has 0 aromatic heterocycles. The maximum atomic E-state index is 12.4. The van der Waals surface area contributed by atoms with Crippen LogP contribution in [-0.4, -0.2) is 63.5 Å². The fourth-order valence-electron chi connectivity index (χ4n) is 2.83. The van der Waals surface area contributed by atoms with Crippen molar-refractivity contribution in [3.63, 3.8) is 0 Å². The lowest BCUT2D eigenvalue weighted by atomic mass is 9.80. The van der Waals surface area contributed by atoms with Gasteiger partial charge in [-0.25, -0.2) is 4.79 Å². The lowest BCUT2D eigenvalue weighted by molar-refractivity contribution is -0.0255. The molecule has 2 rings (SSSR count). The summed E-state index contributed by atoms with van der Waals surface area (Å²) >= 11 is 0. The highest BCUT2D eigenvalue weighted by atomic mass is 16.5. The number of amides is 2. The molecule has 0 unspecified atom stereocenters. The second-order valence-corrected chi connectivity index (χ2v) is 6.50. The minimum absolute atomic E-state index is 0.0735. The number of hydrogen-bond donors (Lipinski definition) is 2. The SMILES string of the molecule is CN(CC1(CO)CCOCC1)C(=O)Nc1cccc(N(C)C)c1. The first kappa shape index (κ1) is 17.6. The van der Waals surface area contributed by atoms with Gasteiger partial charge in [0.15, 0.2) is 0 Å². The zero-order valence-electron chi connectivity index (χ0n) is 14.2. The van der Waals surface area contributed by atoms with Crippen LogP contribution in [0.5, 0.6) is 0 Å². The molecule has 0 saturated carbocycles. The van der Waals surface area contributed by atoms with Crippen LogP contribution in [-0.2, 0) is 4.74 Å². The van der Waals surface area contributed by atoms with E-state index in [0.29, 0.717) is 19.8 Å². The van der Waals surface area contributed by atoms with Crippen molar-refractivity contribution in [3.8, 4) is 0 Å². The fourth-order valence-corrected chi connectivity index (χ4v) is 2.83. The van der Waals surface area contributed by atoms with E-state index in [4.69, 9.17) is 4.74 Å². The molecule has 2 N–H and O–H groups in total. The highest BCUT2D eigenvalue weighted by Crippen LogP contribution is 2.30. The molecule has 1 saturated heterocycles. The molecule has 0 spiro atoms. The van der Waals surface area contributed by atoms with Crippen LogP contribution in [0.3, 0.4) is 0 Å². The van der Waals surface area contributed by atoms with Crippen molar-refractivity contribution < 1.29 is 14.6 Å². The number of carbonyl (C=O) groups is 1. The maximum absolute atomic E-state index is 12.4. The molecular formula is C17H27N3O3. The summed E-state index contributed by atoms with van der Waals surface area (Å²) in [5.41, 5.74) is 1.54. The molecule has 0 aliphatic carbocycles. The van der Waals surface area contributed by atoms with E-state index in [9.17, 15) is 9.90 Å². The molecule has 2 amide bonds. The molecular weight excluding hydrogens is 294 g/mol. The predicted octanol–water partition coefficient (Wildman–Crippen LogP) is 2.01. The number of nitrogens with zero attached hydrogens (tertiary/aromatic N) is 2. The van der Waals surface area contributed by atoms with Crippen molar-refractivity contribution in [3.05, 3.63) is 24.3 Å². The maximum Gasteiger partial charge on any atom is 0.321 e. The van der Waals surface area contributed by atoms with Gasteiger partial charge in [0.2, 0.25) is 0 Å². The van der Waals surface area contributed by atoms with Crippen molar-refractivity contribution in [2.45, 2.75) is 12.8 Å². The van der Waals surface area contributed by atoms with E-state index in [1.165, 1.54) is 0 Å². The van der Waals surface area contributed by atoms with Gasteiger partial charge in [-0.05, 0) is 31.0 Å². The minimum Gasteiger partial charge on any atom is -0.396 e. The van der Waals surface area contributed by atoms with E-state index >= 15 is 0 Å². The molecule has 6 heteroatoms. The summed E-state index contributed by atoms with van der Waals surface area (Å²) in [6.07, 6.45) is 1.55. The fraction of sp³-hybridized carbons (Fsp3) is 0.588. The number of urea groups is 1. The summed E-state index contributed by atoms with van der Waals surface area (Å²) in [5.74, 6) is 0. The highest BCUT2D eigenvalue weighted by molar-refractivity contribution is 5.89. The van der Waals surface area contributed by atoms with Crippen LogP contribution in [0.15, 0.2) is 24.3 Å². The van der Waals surface area contributed by atoms with Gasteiger partial charge in [-0.2, -0.15) is 0 Å². The van der Waals surface area contributed by atoms with Gasteiger partial charge in [-0.1, -0.05) is 6.07 Å². The first-order chi connectivity index (χ1) is 11.0. The summed E-state index contributed by atoms with van der Waals surface area (Å²) in [6.45, 7) is 1.87. The van der Waals surface area contributed by atoms with Crippen molar-refractivity contribution in [1.29, 1.82) is 0 Å². The average Bonchev–Trinajstić information content (AvgIpc) is 2.55. The number of hydrogen-bond acceptors (Lipinski definition) is 4. The Kier molecular flexibility index (Phi) is 5.85. The summed E-state index contributed by atoms with van der Waals surface area (Å²) in [4.78, 5) is 16.0. The molecule has 1 aliphatic heterocycles. The standard InChI is InChI=1S/C17H27N3O3/c1-19(2)15-6-4-5-14(11-15)18-16(22)20(3)12-17(13-21)7-9-23-10-8-17/h4-6,11,21H,7-10,12-13H2,1-3H3,(H,18,22). The zero-order chi connectivity index (χ0) is 16.9. The number of nitrogens with one attached hydrogen (secondary N) is 1. The second-order valence-electron chi connectivity index (χ2n) is 6.50. The monoisotopic (exact) mass is 321 g/mol. The smallest absolute Gasteiger partial charge is 0.321 e. The average molecular weight is 321 g/mol. The summed E-state index contributed by atoms with van der Waals surface area (Å²) in [7, 11) is 5.68. The summed E-state index contributed by atoms with van der Waals surface area (Å²) < 4.78 is 5.37. The minimum atomic E-state index is -0.254. The van der Waals surface area contributed by atoms with E-state index in [2.05, 4.69) is 5.32 Å². The number of anilines is 2. The normalized spacial score (nSPS) is 16.7. The third kappa shape index (κ3) is 4.59. The highest BCUT2D eigenvalue weighted by Gasteiger charge is 2.34. The van der Waals surface area contributed by atoms with Crippen molar-refractivity contribution >= 4 is 17.4 Å². The third-order valence-corrected chi connectivity index (χ3v) is 4.42. The molecule has 1 aliphatic rings. The number of rotatable bonds is 5. The van der Waals surface area contributed by atoms with Crippen LogP contribution in [0.4, 0.5) is 16.2 Å². The predicted molar refractivity (Wildman–Crippen MR) is 92.0 cm³/mol. The van der Waals surface area contributed by atoms with E-state index in [1.807, 2.05) is 43.3 Å². The third-order valence-electron chi connectivity index (χ3n) is 4.42. The van der Waals surface area contributed by atoms with Crippen molar-refractivity contribution in [2.75, 3.05) is 57.7 Å². The topological polar surface area (TPSA) is 65.0 Å². The van der Waals surface area contributed by atoms with Gasteiger partial charge >= 0.3 is 6.03 Å². The van der Waals surface area contributed by atoms with Gasteiger partial charge in [0.05, 0.1) is 6.61 Å². The van der Waals surface area contributed by atoms with Crippen LogP contribution in [0.1, 0.15) is 12.8 Å². The zero-order valence-corrected chi connectivity index (χ0v) is 14.2. The lowest BCUT2D eigenvalue weighted by Gasteiger charge is -2.38. The van der Waals surface area contributed by atoms with Crippen molar-refractivity contribution in [2.24, 2.45) is 5.41 Å². The van der Waals surface area contributed by atoms with Gasteiger partial charge in [-0.3, -0.25) is 0 Å². The molecule has 23 heavy (non-hydrogen) atoms. The lowest BCUT2D eigenvalue weighted by Crippen LogP contribution is -2.45. The van der Waals surface area contributed by atoms with Gasteiger partial charge in [-0.15, -0.1) is 0 Å². The van der Waals surface area contributed by atoms with E-state index in [1.54, 1.807) is 11.9 Å². The van der Waals surface area contributed by atoms with Crippen LogP contribution >= 0.6 is 0 Å². The van der Waals surface area contributed by atoms with E-state index < -0.39 is 0 Å². The summed E-state index contributed by atoms with van der Waals surface area (Å²) in [5, 5.41) is 12.7. The van der Waals surface area contributed by atoms with E-state index in [0.717, 1.165) is 24.2 Å². The first-order valence-corrected chi connectivity index (χ1v) is 7.94. The van der Waals surface area contributed by atoms with Gasteiger partial charge in [0.1, 0.15) is 0 Å². The Morgan fingerprint density at radius 2 is 2.00 bits per heavy atom. The van der Waals surface area contributed by atoms with E-state index in [-0.39, 0.29) is 18.1 Å². The Bertz CT molecular complexity index is 528. The molecule has 0 atom stereocenters. The second kappa shape index (κ2) is 7.66. The molecule has 1 aromatic carbocycles. The van der Waals surface area contributed by atoms with Crippen LogP contribution in [0.2, 0.25) is 0 Å². The molecule has 0 bridgehead atoms. The molecule has 1 fully saturated rings. The summed E-state index contributed by atoms with van der Waals surface area (Å²) in [6, 6.07) is 7.54. The van der Waals surface area contributed by atoms with Gasteiger partial charge in [0.25, 0.3) is 0 Å². The molecule has 1 heterocycles. The number of benzene rings is 1. The Morgan fingerprint density at radius 1 is 1.30 bits per heavy atom. The molecule has 0 radical (unpaired) electrons. The first-order valence-electron chi connectivity index (χ1n) is 7.94. The van der Waals surface area contributed by atoms with Crippen molar-refractivity contribution in [1.82, 2.24) is 4.90 Å². The van der Waals surface area contributed by atoms with Crippen LogP contribution < -0.4 is 10.2 Å². The van der Waals surface area contributed by atoms with Crippen LogP contribution in [0.25, 0.3) is 0 Å². The number of aliphatic hydroxyl groups excluding tert-OH is 1. The quantitative estimate of drug-likeness (QED) is 0.871. The molecule has 1 aromatic rings. The number of ether oxygens (including phenoxy) is 1. The Balaban J connectivity index is 1.98.